The van der Waals surface area contributed by atoms with Gasteiger partial charge in [0, 0.05) is 49.0 Å². The predicted molar refractivity (Wildman–Crippen MR) is 105 cm³/mol. The summed E-state index contributed by atoms with van der Waals surface area (Å²) >= 11 is 0. The number of fused-ring (bicyclic) bond motifs is 2. The number of rotatable bonds is 2. The molecule has 4 heteroatoms. The highest BCUT2D eigenvalue weighted by molar-refractivity contribution is 8.29. The molecule has 2 aromatic rings. The Kier molecular flexibility index (Phi) is 4.19. The van der Waals surface area contributed by atoms with Gasteiger partial charge in [-0.2, -0.15) is 0 Å². The van der Waals surface area contributed by atoms with Crippen molar-refractivity contribution < 1.29 is 0 Å². The number of halogens is 1. The Bertz CT molecular complexity index is 914. The highest BCUT2D eigenvalue weighted by atomic mass is 35.7. The van der Waals surface area contributed by atoms with E-state index < -0.39 is 9.70 Å². The summed E-state index contributed by atoms with van der Waals surface area (Å²) in [6.07, 6.45) is 2.31. The molecule has 0 saturated carbocycles. The largest absolute Gasteiger partial charge is 0.378 e. The highest BCUT2D eigenvalue weighted by Crippen LogP contribution is 2.42. The van der Waals surface area contributed by atoms with E-state index in [-0.39, 0.29) is 0 Å². The number of aryl methyl sites for hydroxylation is 2. The summed E-state index contributed by atoms with van der Waals surface area (Å²) in [5.74, 6) is 0. The Morgan fingerprint density at radius 1 is 0.826 bits per heavy atom. The lowest BCUT2D eigenvalue weighted by Gasteiger charge is -2.21. The topological polar surface area (TPSA) is 6.48 Å². The highest BCUT2D eigenvalue weighted by Gasteiger charge is 2.16. The molecule has 0 radical (unpaired) electrons. The molecule has 2 aromatic carbocycles. The summed E-state index contributed by atoms with van der Waals surface area (Å²) in [7, 11) is 14.8. The summed E-state index contributed by atoms with van der Waals surface area (Å²) in [5, 5.41) is 1.28. The summed E-state index contributed by atoms with van der Waals surface area (Å²) in [5.41, 5.74) is 6.26. The molecule has 1 atom stereocenters. The van der Waals surface area contributed by atoms with Crippen molar-refractivity contribution in [2.24, 2.45) is 0 Å². The first kappa shape index (κ1) is 16.4. The second-order valence-electron chi connectivity index (χ2n) is 6.54. The first-order valence-electron chi connectivity index (χ1n) is 7.69. The average molecular weight is 347 g/mol. The van der Waals surface area contributed by atoms with Crippen LogP contribution in [0.3, 0.4) is 0 Å². The lowest BCUT2D eigenvalue weighted by atomic mass is 10.0. The zero-order chi connectivity index (χ0) is 16.9. The van der Waals surface area contributed by atoms with Crippen molar-refractivity contribution in [1.82, 2.24) is 0 Å². The van der Waals surface area contributed by atoms with Crippen molar-refractivity contribution >= 4 is 37.8 Å². The fourth-order valence-corrected chi connectivity index (χ4v) is 5.22. The van der Waals surface area contributed by atoms with E-state index in [2.05, 4.69) is 82.2 Å². The van der Waals surface area contributed by atoms with Crippen molar-refractivity contribution in [3.8, 4) is 0 Å². The van der Waals surface area contributed by atoms with Crippen LogP contribution in [0, 0.1) is 18.4 Å². The van der Waals surface area contributed by atoms with Gasteiger partial charge in [-0.25, -0.2) is 0 Å². The maximum absolute atomic E-state index is 6.95. The lowest BCUT2D eigenvalue weighted by molar-refractivity contribution is 1.11. The van der Waals surface area contributed by atoms with Crippen molar-refractivity contribution in [3.63, 3.8) is 0 Å². The monoisotopic (exact) mass is 346 g/mol. The summed E-state index contributed by atoms with van der Waals surface area (Å²) in [6.45, 7) is 4.34. The van der Waals surface area contributed by atoms with Crippen LogP contribution in [0.25, 0.3) is 6.08 Å². The fraction of sp³-hybridized carbons (Fsp3) is 0.316. The lowest BCUT2D eigenvalue weighted by Crippen LogP contribution is -2.16. The summed E-state index contributed by atoms with van der Waals surface area (Å²) < 4.78 is 1.23. The van der Waals surface area contributed by atoms with Crippen LogP contribution in [0.15, 0.2) is 29.2 Å². The molecule has 1 aliphatic rings. The molecular weight excluding hydrogens is 324 g/mol. The van der Waals surface area contributed by atoms with Gasteiger partial charge in [0.15, 0.2) is 0 Å². The van der Waals surface area contributed by atoms with E-state index in [1.165, 1.54) is 42.7 Å². The van der Waals surface area contributed by atoms with Gasteiger partial charge in [0.1, 0.15) is 0 Å². The molecule has 0 saturated heterocycles. The number of hydrogen-bond acceptors (Lipinski definition) is 2. The van der Waals surface area contributed by atoms with Gasteiger partial charge in [0.05, 0.1) is 0 Å². The van der Waals surface area contributed by atoms with Gasteiger partial charge in [-0.3, -0.25) is 0 Å². The van der Waals surface area contributed by atoms with Gasteiger partial charge in [-0.1, -0.05) is 9.70 Å². The smallest absolute Gasteiger partial charge is 0.0375 e. The van der Waals surface area contributed by atoms with Crippen LogP contribution < -0.4 is 15.0 Å². The molecule has 23 heavy (non-hydrogen) atoms. The Hall–Kier alpha value is -1.45. The van der Waals surface area contributed by atoms with Crippen molar-refractivity contribution in [3.05, 3.63) is 50.7 Å². The molecule has 0 fully saturated rings. The SMILES string of the molecule is Cc1cc(N(C)C)cc2c1C=c1c(C)cc(N(C)C)cc1=S2Cl. The van der Waals surface area contributed by atoms with Crippen LogP contribution in [0.5, 0.6) is 0 Å². The molecule has 122 valence electrons. The molecule has 2 nitrogen and oxygen atoms in total. The number of hydrogen-bond donors (Lipinski definition) is 0. The minimum Gasteiger partial charge on any atom is -0.378 e. The maximum Gasteiger partial charge on any atom is 0.0375 e. The molecule has 0 amide bonds. The van der Waals surface area contributed by atoms with Gasteiger partial charge in [-0.05, 0) is 76.8 Å². The van der Waals surface area contributed by atoms with E-state index in [1.54, 1.807) is 0 Å². The minimum absolute atomic E-state index is 0.427. The minimum atomic E-state index is -0.427. The normalized spacial score (nSPS) is 15.5. The second-order valence-corrected chi connectivity index (χ2v) is 8.86. The maximum atomic E-state index is 6.95. The third-order valence-corrected chi connectivity index (χ3v) is 6.82. The van der Waals surface area contributed by atoms with E-state index in [9.17, 15) is 0 Å². The molecule has 3 rings (SSSR count). The Balaban J connectivity index is 2.38. The fourth-order valence-electron chi connectivity index (χ4n) is 2.94. The molecule has 0 aliphatic carbocycles. The molecule has 1 heterocycles. The van der Waals surface area contributed by atoms with E-state index >= 15 is 0 Å². The van der Waals surface area contributed by atoms with Crippen LogP contribution in [-0.2, 0) is 0 Å². The van der Waals surface area contributed by atoms with Gasteiger partial charge in [0.25, 0.3) is 0 Å². The van der Waals surface area contributed by atoms with Crippen molar-refractivity contribution in [2.45, 2.75) is 18.7 Å². The second kappa shape index (κ2) is 5.88. The van der Waals surface area contributed by atoms with Gasteiger partial charge in [0.2, 0.25) is 0 Å². The first-order valence-corrected chi connectivity index (χ1v) is 9.74. The van der Waals surface area contributed by atoms with Crippen LogP contribution in [0.2, 0.25) is 0 Å². The van der Waals surface area contributed by atoms with E-state index in [1.807, 2.05) is 0 Å². The van der Waals surface area contributed by atoms with Gasteiger partial charge in [-0.15, -0.1) is 0 Å². The number of benzene rings is 2. The predicted octanol–water partition coefficient (Wildman–Crippen LogP) is 4.31. The quantitative estimate of drug-likeness (QED) is 0.747. The van der Waals surface area contributed by atoms with Crippen molar-refractivity contribution in [1.29, 1.82) is 0 Å². The molecule has 0 bridgehead atoms. The first-order chi connectivity index (χ1) is 10.8. The Morgan fingerprint density at radius 3 is 2.00 bits per heavy atom. The average Bonchev–Trinajstić information content (AvgIpc) is 2.48. The van der Waals surface area contributed by atoms with Crippen molar-refractivity contribution in [2.75, 3.05) is 38.0 Å². The van der Waals surface area contributed by atoms with E-state index in [4.69, 9.17) is 10.7 Å². The Labute approximate surface area is 145 Å². The van der Waals surface area contributed by atoms with Crippen LogP contribution in [-0.4, -0.2) is 28.2 Å². The third-order valence-electron chi connectivity index (χ3n) is 4.37. The number of nitrogens with zero attached hydrogens (tertiary/aromatic N) is 2. The molecule has 0 N–H and O–H groups in total. The Morgan fingerprint density at radius 2 is 1.39 bits per heavy atom. The molecule has 0 spiro atoms. The number of anilines is 2. The molecule has 1 aliphatic heterocycles. The zero-order valence-electron chi connectivity index (χ0n) is 14.6. The van der Waals surface area contributed by atoms with Crippen LogP contribution in [0.1, 0.15) is 16.7 Å². The van der Waals surface area contributed by atoms with Crippen LogP contribution >= 0.6 is 20.4 Å². The molecule has 1 unspecified atom stereocenters. The van der Waals surface area contributed by atoms with Gasteiger partial charge < -0.3 is 9.80 Å². The van der Waals surface area contributed by atoms with E-state index in [0.717, 1.165) is 0 Å². The summed E-state index contributed by atoms with van der Waals surface area (Å²) in [4.78, 5) is 5.51. The van der Waals surface area contributed by atoms with Gasteiger partial charge >= 0.3 is 0 Å². The standard InChI is InChI=1S/C19H23ClN2S/c1-12-7-14(21(3)4)9-18-16(12)11-17-13(2)8-15(22(5)6)10-19(17)23(18)20/h7-11H,1-6H3. The van der Waals surface area contributed by atoms with E-state index in [0.29, 0.717) is 0 Å². The summed E-state index contributed by atoms with van der Waals surface area (Å²) in [6, 6.07) is 8.93. The van der Waals surface area contributed by atoms with Crippen LogP contribution in [0.4, 0.5) is 11.4 Å². The molecular formula is C19H23ClN2S. The third kappa shape index (κ3) is 2.77. The molecule has 0 aromatic heterocycles. The zero-order valence-corrected chi connectivity index (χ0v) is 16.1.